The number of carbonyl (C=O) groups excluding carboxylic acids is 1. The first-order valence-corrected chi connectivity index (χ1v) is 7.60. The van der Waals surface area contributed by atoms with Crippen molar-refractivity contribution < 1.29 is 9.53 Å². The lowest BCUT2D eigenvalue weighted by molar-refractivity contribution is -0.146. The Morgan fingerprint density at radius 2 is 1.89 bits per heavy atom. The topological polar surface area (TPSA) is 41.6 Å². The largest absolute Gasteiger partial charge is 0.465 e. The minimum atomic E-state index is -0.209. The first-order chi connectivity index (χ1) is 8.93. The minimum absolute atomic E-state index is 0.120. The maximum absolute atomic E-state index is 12.0. The molecule has 0 heterocycles. The third-order valence-corrected chi connectivity index (χ3v) is 3.19. The van der Waals surface area contributed by atoms with Gasteiger partial charge in [-0.05, 0) is 25.7 Å². The zero-order valence-electron chi connectivity index (χ0n) is 13.1. The number of esters is 1. The molecule has 1 aliphatic carbocycles. The summed E-state index contributed by atoms with van der Waals surface area (Å²) in [5.74, 6) is 0.508. The molecule has 1 saturated carbocycles. The molecule has 0 spiro atoms. The van der Waals surface area contributed by atoms with Gasteiger partial charge in [-0.1, -0.05) is 27.7 Å². The normalized spacial score (nSPS) is 17.3. The van der Waals surface area contributed by atoms with Crippen molar-refractivity contribution in [1.82, 2.24) is 10.2 Å². The molecular weight excluding hydrogens is 240 g/mol. The summed E-state index contributed by atoms with van der Waals surface area (Å²) in [4.78, 5) is 14.5. The van der Waals surface area contributed by atoms with Gasteiger partial charge in [0.25, 0.3) is 0 Å². The van der Waals surface area contributed by atoms with Crippen LogP contribution in [0.5, 0.6) is 0 Å². The van der Waals surface area contributed by atoms with Crippen molar-refractivity contribution in [3.8, 4) is 0 Å². The summed E-state index contributed by atoms with van der Waals surface area (Å²) < 4.78 is 5.18. The molecule has 0 aromatic carbocycles. The minimum Gasteiger partial charge on any atom is -0.465 e. The van der Waals surface area contributed by atoms with Gasteiger partial charge in [0, 0.05) is 25.2 Å². The quantitative estimate of drug-likeness (QED) is 0.651. The highest BCUT2D eigenvalue weighted by Gasteiger charge is 2.33. The van der Waals surface area contributed by atoms with Crippen LogP contribution in [0.3, 0.4) is 0 Å². The van der Waals surface area contributed by atoms with E-state index in [1.165, 1.54) is 12.8 Å². The van der Waals surface area contributed by atoms with Gasteiger partial charge in [-0.3, -0.25) is 9.69 Å². The molecule has 0 aromatic rings. The van der Waals surface area contributed by atoms with E-state index in [4.69, 9.17) is 4.74 Å². The van der Waals surface area contributed by atoms with Crippen LogP contribution in [0, 0.1) is 5.92 Å². The Hall–Kier alpha value is -0.610. The van der Waals surface area contributed by atoms with E-state index in [0.717, 1.165) is 13.1 Å². The number of hydrogen-bond acceptors (Lipinski definition) is 4. The fourth-order valence-corrected chi connectivity index (χ4v) is 2.36. The second kappa shape index (κ2) is 7.85. The lowest BCUT2D eigenvalue weighted by Gasteiger charge is -2.29. The second-order valence-electron chi connectivity index (χ2n) is 6.20. The maximum Gasteiger partial charge on any atom is 0.324 e. The van der Waals surface area contributed by atoms with Gasteiger partial charge in [0.15, 0.2) is 0 Å². The molecule has 112 valence electrons. The Morgan fingerprint density at radius 1 is 1.26 bits per heavy atom. The predicted octanol–water partition coefficient (Wildman–Crippen LogP) is 2.04. The van der Waals surface area contributed by atoms with E-state index in [-0.39, 0.29) is 18.1 Å². The van der Waals surface area contributed by atoms with Crippen LogP contribution in [-0.2, 0) is 9.53 Å². The first kappa shape index (κ1) is 16.4. The van der Waals surface area contributed by atoms with Gasteiger partial charge in [-0.25, -0.2) is 0 Å². The lowest BCUT2D eigenvalue weighted by Crippen LogP contribution is -2.50. The molecule has 0 bridgehead atoms. The molecule has 0 aromatic heterocycles. The van der Waals surface area contributed by atoms with E-state index < -0.39 is 0 Å². The summed E-state index contributed by atoms with van der Waals surface area (Å²) >= 11 is 0. The molecule has 1 fully saturated rings. The van der Waals surface area contributed by atoms with Gasteiger partial charge >= 0.3 is 5.97 Å². The Kier molecular flexibility index (Phi) is 6.80. The highest BCUT2D eigenvalue weighted by Crippen LogP contribution is 2.27. The van der Waals surface area contributed by atoms with E-state index >= 15 is 0 Å². The number of hydrogen-bond donors (Lipinski definition) is 1. The summed E-state index contributed by atoms with van der Waals surface area (Å²) in [5, 5.41) is 3.33. The molecule has 0 aliphatic heterocycles. The van der Waals surface area contributed by atoms with Gasteiger partial charge in [0.2, 0.25) is 0 Å². The van der Waals surface area contributed by atoms with Gasteiger partial charge in [-0.15, -0.1) is 0 Å². The molecule has 1 unspecified atom stereocenters. The molecule has 19 heavy (non-hydrogen) atoms. The number of nitrogens with zero attached hydrogens (tertiary/aromatic N) is 1. The highest BCUT2D eigenvalue weighted by atomic mass is 16.5. The van der Waals surface area contributed by atoms with Crippen LogP contribution in [-0.4, -0.2) is 48.7 Å². The number of ether oxygens (including phenoxy) is 1. The fraction of sp³-hybridized carbons (Fsp3) is 0.933. The average Bonchev–Trinajstić information content (AvgIpc) is 3.09. The van der Waals surface area contributed by atoms with Crippen LogP contribution in [0.25, 0.3) is 0 Å². The summed E-state index contributed by atoms with van der Waals surface area (Å²) in [7, 11) is 0. The second-order valence-corrected chi connectivity index (χ2v) is 6.20. The molecule has 4 nitrogen and oxygen atoms in total. The first-order valence-electron chi connectivity index (χ1n) is 7.60. The summed E-state index contributed by atoms with van der Waals surface area (Å²) in [5.41, 5.74) is 0. The van der Waals surface area contributed by atoms with Crippen molar-refractivity contribution >= 4 is 5.97 Å². The predicted molar refractivity (Wildman–Crippen MR) is 78.1 cm³/mol. The summed E-state index contributed by atoms with van der Waals surface area (Å²) in [6.07, 6.45) is 2.54. The van der Waals surface area contributed by atoms with Crippen LogP contribution in [0.15, 0.2) is 0 Å². The van der Waals surface area contributed by atoms with Crippen molar-refractivity contribution in [3.63, 3.8) is 0 Å². The molecular formula is C15H30N2O2. The van der Waals surface area contributed by atoms with Gasteiger partial charge in [-0.2, -0.15) is 0 Å². The van der Waals surface area contributed by atoms with Gasteiger partial charge in [0.05, 0.1) is 6.61 Å². The molecule has 1 rings (SSSR count). The van der Waals surface area contributed by atoms with Crippen molar-refractivity contribution in [2.45, 2.75) is 65.6 Å². The molecule has 4 heteroatoms. The van der Waals surface area contributed by atoms with Crippen LogP contribution in [0.1, 0.15) is 47.5 Å². The zero-order valence-corrected chi connectivity index (χ0v) is 13.1. The van der Waals surface area contributed by atoms with Gasteiger partial charge in [0.1, 0.15) is 6.04 Å². The van der Waals surface area contributed by atoms with Gasteiger partial charge < -0.3 is 10.1 Å². The lowest BCUT2D eigenvalue weighted by atomic mass is 10.1. The average molecular weight is 270 g/mol. The fourth-order valence-electron chi connectivity index (χ4n) is 2.36. The third kappa shape index (κ3) is 6.39. The van der Waals surface area contributed by atoms with E-state index in [1.807, 2.05) is 6.92 Å². The Morgan fingerprint density at radius 3 is 2.32 bits per heavy atom. The molecule has 0 amide bonds. The SMILES string of the molecule is CCOC(=O)C(CN(CC(C)C)C1CC1)NC(C)C. The standard InChI is InChI=1S/C15H30N2O2/c1-6-19-15(18)14(16-12(4)5)10-17(9-11(2)3)13-7-8-13/h11-14,16H,6-10H2,1-5H3. The highest BCUT2D eigenvalue weighted by molar-refractivity contribution is 5.76. The molecule has 1 atom stereocenters. The van der Waals surface area contributed by atoms with E-state index in [9.17, 15) is 4.79 Å². The van der Waals surface area contributed by atoms with Crippen LogP contribution in [0.4, 0.5) is 0 Å². The molecule has 1 aliphatic rings. The Bertz CT molecular complexity index is 275. The summed E-state index contributed by atoms with van der Waals surface area (Å²) in [6, 6.07) is 0.752. The maximum atomic E-state index is 12.0. The van der Waals surface area contributed by atoms with Crippen molar-refractivity contribution in [3.05, 3.63) is 0 Å². The van der Waals surface area contributed by atoms with E-state index in [1.54, 1.807) is 0 Å². The Labute approximate surface area is 117 Å². The summed E-state index contributed by atoms with van der Waals surface area (Å²) in [6.45, 7) is 12.7. The van der Waals surface area contributed by atoms with E-state index in [2.05, 4.69) is 37.9 Å². The number of rotatable bonds is 9. The van der Waals surface area contributed by atoms with Crippen molar-refractivity contribution in [2.24, 2.45) is 5.92 Å². The molecule has 0 radical (unpaired) electrons. The van der Waals surface area contributed by atoms with Crippen molar-refractivity contribution in [2.75, 3.05) is 19.7 Å². The van der Waals surface area contributed by atoms with E-state index in [0.29, 0.717) is 18.6 Å². The number of carbonyl (C=O) groups is 1. The number of nitrogens with one attached hydrogen (secondary N) is 1. The molecule has 0 saturated heterocycles. The Balaban J connectivity index is 2.59. The van der Waals surface area contributed by atoms with Crippen LogP contribution >= 0.6 is 0 Å². The monoisotopic (exact) mass is 270 g/mol. The van der Waals surface area contributed by atoms with Crippen LogP contribution < -0.4 is 5.32 Å². The third-order valence-electron chi connectivity index (χ3n) is 3.19. The molecule has 1 N–H and O–H groups in total. The van der Waals surface area contributed by atoms with Crippen LogP contribution in [0.2, 0.25) is 0 Å². The van der Waals surface area contributed by atoms with Crippen molar-refractivity contribution in [1.29, 1.82) is 0 Å². The zero-order chi connectivity index (χ0) is 14.4. The smallest absolute Gasteiger partial charge is 0.324 e.